The normalized spacial score (nSPS) is 33.2. The minimum atomic E-state index is -0.718. The van der Waals surface area contributed by atoms with Crippen LogP contribution in [0, 0.1) is 18.4 Å². The van der Waals surface area contributed by atoms with Gasteiger partial charge in [-0.05, 0) is 25.7 Å². The van der Waals surface area contributed by atoms with Crippen LogP contribution < -0.4 is 0 Å². The molecule has 0 spiro atoms. The van der Waals surface area contributed by atoms with Crippen molar-refractivity contribution in [2.45, 2.75) is 32.4 Å². The lowest BCUT2D eigenvalue weighted by Gasteiger charge is -2.15. The molecule has 11 heavy (non-hydrogen) atoms. The molecule has 0 radical (unpaired) electrons. The van der Waals surface area contributed by atoms with Crippen LogP contribution in [0.1, 0.15) is 26.2 Å². The molecular formula is C9H14FN. The molecule has 1 aliphatic carbocycles. The van der Waals surface area contributed by atoms with Crippen molar-refractivity contribution >= 4 is 0 Å². The van der Waals surface area contributed by atoms with Gasteiger partial charge in [-0.3, -0.25) is 0 Å². The summed E-state index contributed by atoms with van der Waals surface area (Å²) in [5.41, 5.74) is 0. The van der Waals surface area contributed by atoms with Gasteiger partial charge in [0, 0.05) is 5.92 Å². The van der Waals surface area contributed by atoms with Gasteiger partial charge in [-0.25, -0.2) is 11.0 Å². The van der Waals surface area contributed by atoms with Crippen LogP contribution in [-0.2, 0) is 0 Å². The van der Waals surface area contributed by atoms with Gasteiger partial charge < -0.3 is 4.85 Å². The predicted octanol–water partition coefficient (Wildman–Crippen LogP) is 2.68. The highest BCUT2D eigenvalue weighted by Gasteiger charge is 2.33. The molecule has 1 aliphatic rings. The predicted molar refractivity (Wildman–Crippen MR) is 42.9 cm³/mol. The highest BCUT2D eigenvalue weighted by molar-refractivity contribution is 4.85. The van der Waals surface area contributed by atoms with E-state index in [1.54, 1.807) is 6.92 Å². The van der Waals surface area contributed by atoms with E-state index in [1.807, 2.05) is 0 Å². The van der Waals surface area contributed by atoms with E-state index in [4.69, 9.17) is 6.57 Å². The van der Waals surface area contributed by atoms with Gasteiger partial charge in [0.2, 0.25) is 6.54 Å². The molecule has 0 aromatic carbocycles. The maximum Gasteiger partial charge on any atom is 0.217 e. The Morgan fingerprint density at radius 3 is 2.91 bits per heavy atom. The minimum Gasteiger partial charge on any atom is -0.317 e. The molecule has 1 fully saturated rings. The third-order valence-electron chi connectivity index (χ3n) is 2.63. The van der Waals surface area contributed by atoms with Crippen molar-refractivity contribution < 1.29 is 4.39 Å². The van der Waals surface area contributed by atoms with Crippen LogP contribution >= 0.6 is 0 Å². The van der Waals surface area contributed by atoms with Gasteiger partial charge in [0.05, 0.1) is 0 Å². The quantitative estimate of drug-likeness (QED) is 0.540. The molecule has 0 aromatic rings. The molecule has 1 saturated carbocycles. The molecule has 0 amide bonds. The molecule has 0 aromatic heterocycles. The Morgan fingerprint density at radius 2 is 2.36 bits per heavy atom. The summed E-state index contributed by atoms with van der Waals surface area (Å²) in [7, 11) is 0. The van der Waals surface area contributed by atoms with E-state index in [9.17, 15) is 4.39 Å². The van der Waals surface area contributed by atoms with E-state index >= 15 is 0 Å². The van der Waals surface area contributed by atoms with Crippen molar-refractivity contribution in [2.75, 3.05) is 6.54 Å². The highest BCUT2D eigenvalue weighted by Crippen LogP contribution is 2.35. The van der Waals surface area contributed by atoms with Gasteiger partial charge in [0.15, 0.2) is 0 Å². The molecule has 0 N–H and O–H groups in total. The summed E-state index contributed by atoms with van der Waals surface area (Å²) < 4.78 is 12.9. The van der Waals surface area contributed by atoms with Crippen molar-refractivity contribution in [3.8, 4) is 0 Å². The SMILES string of the molecule is [C-]#[N+]CC1CCCC1C(C)F. The van der Waals surface area contributed by atoms with Crippen molar-refractivity contribution in [3.05, 3.63) is 11.4 Å². The molecule has 62 valence electrons. The summed E-state index contributed by atoms with van der Waals surface area (Å²) in [5.74, 6) is 0.511. The summed E-state index contributed by atoms with van der Waals surface area (Å²) in [6, 6.07) is 0. The van der Waals surface area contributed by atoms with Crippen LogP contribution in [0.3, 0.4) is 0 Å². The third-order valence-corrected chi connectivity index (χ3v) is 2.63. The zero-order chi connectivity index (χ0) is 8.27. The van der Waals surface area contributed by atoms with Gasteiger partial charge in [0.1, 0.15) is 6.17 Å². The van der Waals surface area contributed by atoms with Crippen LogP contribution in [0.4, 0.5) is 4.39 Å². The standard InChI is InChI=1S/C9H14FN/c1-7(10)9-5-3-4-8(9)6-11-2/h7-9H,3-6H2,1H3. The van der Waals surface area contributed by atoms with Crippen LogP contribution in [0.2, 0.25) is 0 Å². The summed E-state index contributed by atoms with van der Waals surface area (Å²) in [6.45, 7) is 8.85. The van der Waals surface area contributed by atoms with E-state index in [0.29, 0.717) is 12.5 Å². The Kier molecular flexibility index (Phi) is 2.87. The molecule has 1 rings (SSSR count). The number of hydrogen-bond donors (Lipinski definition) is 0. The van der Waals surface area contributed by atoms with Crippen LogP contribution in [-0.4, -0.2) is 12.7 Å². The monoisotopic (exact) mass is 155 g/mol. The Morgan fingerprint density at radius 1 is 1.64 bits per heavy atom. The second-order valence-corrected chi connectivity index (χ2v) is 3.37. The molecule has 0 bridgehead atoms. The lowest BCUT2D eigenvalue weighted by atomic mass is 9.92. The zero-order valence-corrected chi connectivity index (χ0v) is 6.89. The minimum absolute atomic E-state index is 0.170. The summed E-state index contributed by atoms with van der Waals surface area (Å²) in [4.78, 5) is 3.33. The molecule has 1 nitrogen and oxygen atoms in total. The van der Waals surface area contributed by atoms with Crippen molar-refractivity contribution in [1.82, 2.24) is 0 Å². The lowest BCUT2D eigenvalue weighted by molar-refractivity contribution is 0.211. The first kappa shape index (κ1) is 8.52. The summed E-state index contributed by atoms with van der Waals surface area (Å²) in [5, 5.41) is 0. The number of hydrogen-bond acceptors (Lipinski definition) is 0. The second-order valence-electron chi connectivity index (χ2n) is 3.37. The van der Waals surface area contributed by atoms with Gasteiger partial charge in [-0.1, -0.05) is 6.42 Å². The molecular weight excluding hydrogens is 141 g/mol. The molecule has 3 atom stereocenters. The van der Waals surface area contributed by atoms with Crippen molar-refractivity contribution in [2.24, 2.45) is 11.8 Å². The molecule has 0 heterocycles. The maximum absolute atomic E-state index is 12.9. The Bertz CT molecular complexity index is 159. The largest absolute Gasteiger partial charge is 0.317 e. The van der Waals surface area contributed by atoms with Gasteiger partial charge in [-0.2, -0.15) is 0 Å². The Labute approximate surface area is 67.4 Å². The van der Waals surface area contributed by atoms with Crippen LogP contribution in [0.25, 0.3) is 4.85 Å². The highest BCUT2D eigenvalue weighted by atomic mass is 19.1. The first-order valence-corrected chi connectivity index (χ1v) is 4.23. The third kappa shape index (κ3) is 1.92. The van der Waals surface area contributed by atoms with Gasteiger partial charge >= 0.3 is 0 Å². The average Bonchev–Trinajstić information content (AvgIpc) is 2.36. The van der Waals surface area contributed by atoms with Crippen molar-refractivity contribution in [3.63, 3.8) is 0 Å². The fourth-order valence-electron chi connectivity index (χ4n) is 2.01. The van der Waals surface area contributed by atoms with Gasteiger partial charge in [-0.15, -0.1) is 0 Å². The van der Waals surface area contributed by atoms with E-state index in [2.05, 4.69) is 4.85 Å². The first-order chi connectivity index (χ1) is 5.25. The molecule has 0 saturated heterocycles. The Hall–Kier alpha value is -0.580. The van der Waals surface area contributed by atoms with Gasteiger partial charge in [0.25, 0.3) is 0 Å². The average molecular weight is 155 g/mol. The fourth-order valence-corrected chi connectivity index (χ4v) is 2.01. The van der Waals surface area contributed by atoms with Crippen molar-refractivity contribution in [1.29, 1.82) is 0 Å². The fraction of sp³-hybridized carbons (Fsp3) is 0.889. The first-order valence-electron chi connectivity index (χ1n) is 4.23. The number of halogens is 1. The number of nitrogens with zero attached hydrogens (tertiary/aromatic N) is 1. The van der Waals surface area contributed by atoms with E-state index in [0.717, 1.165) is 19.3 Å². The van der Waals surface area contributed by atoms with E-state index < -0.39 is 6.17 Å². The number of rotatable bonds is 2. The number of alkyl halides is 1. The molecule has 0 aliphatic heterocycles. The van der Waals surface area contributed by atoms with E-state index in [-0.39, 0.29) is 5.92 Å². The van der Waals surface area contributed by atoms with Crippen LogP contribution in [0.15, 0.2) is 0 Å². The Balaban J connectivity index is 2.45. The zero-order valence-electron chi connectivity index (χ0n) is 6.89. The summed E-state index contributed by atoms with van der Waals surface area (Å²) in [6.07, 6.45) is 2.43. The molecule has 3 unspecified atom stereocenters. The van der Waals surface area contributed by atoms with Crippen LogP contribution in [0.5, 0.6) is 0 Å². The second kappa shape index (κ2) is 3.71. The lowest BCUT2D eigenvalue weighted by Crippen LogP contribution is -2.18. The molecule has 2 heteroatoms. The maximum atomic E-state index is 12.9. The smallest absolute Gasteiger partial charge is 0.217 e. The summed E-state index contributed by atoms with van der Waals surface area (Å²) >= 11 is 0. The van der Waals surface area contributed by atoms with E-state index in [1.165, 1.54) is 0 Å². The topological polar surface area (TPSA) is 4.36 Å².